The standard InChI is InChI=1S/C15H24O7/c1-14(2,8-16)9-22-13(19)15(5-6-15)10(12(18)21-4)7-11(17)20-3/h10,16H,5-9H2,1-4H3. The van der Waals surface area contributed by atoms with E-state index in [4.69, 9.17) is 9.47 Å². The fraction of sp³-hybridized carbons (Fsp3) is 0.800. The highest BCUT2D eigenvalue weighted by Crippen LogP contribution is 2.54. The molecule has 1 aliphatic carbocycles. The Morgan fingerprint density at radius 2 is 1.77 bits per heavy atom. The first-order chi connectivity index (χ1) is 10.2. The summed E-state index contributed by atoms with van der Waals surface area (Å²) in [4.78, 5) is 35.8. The van der Waals surface area contributed by atoms with Crippen LogP contribution in [0.3, 0.4) is 0 Å². The van der Waals surface area contributed by atoms with Gasteiger partial charge in [0.05, 0.1) is 45.2 Å². The molecule has 1 fully saturated rings. The number of rotatable bonds is 8. The second kappa shape index (κ2) is 7.09. The molecule has 1 saturated carbocycles. The molecule has 0 saturated heterocycles. The first kappa shape index (κ1) is 18.4. The third kappa shape index (κ3) is 4.19. The number of aliphatic hydroxyl groups excluding tert-OH is 1. The van der Waals surface area contributed by atoms with Gasteiger partial charge in [0.1, 0.15) is 0 Å². The zero-order valence-corrected chi connectivity index (χ0v) is 13.5. The van der Waals surface area contributed by atoms with E-state index in [0.717, 1.165) is 0 Å². The number of carbonyl (C=O) groups excluding carboxylic acids is 3. The van der Waals surface area contributed by atoms with Crippen LogP contribution in [0, 0.1) is 16.7 Å². The van der Waals surface area contributed by atoms with Crippen molar-refractivity contribution in [1.82, 2.24) is 0 Å². The first-order valence-electron chi connectivity index (χ1n) is 7.15. The molecule has 0 heterocycles. The number of hydrogen-bond donors (Lipinski definition) is 1. The Bertz CT molecular complexity index is 437. The third-order valence-electron chi connectivity index (χ3n) is 3.97. The maximum Gasteiger partial charge on any atom is 0.312 e. The lowest BCUT2D eigenvalue weighted by atomic mass is 9.86. The molecule has 1 aliphatic rings. The van der Waals surface area contributed by atoms with Gasteiger partial charge in [-0.1, -0.05) is 13.8 Å². The van der Waals surface area contributed by atoms with E-state index in [-0.39, 0.29) is 19.6 Å². The van der Waals surface area contributed by atoms with E-state index < -0.39 is 34.7 Å². The molecule has 0 bridgehead atoms. The summed E-state index contributed by atoms with van der Waals surface area (Å²) in [5.74, 6) is -2.64. The highest BCUT2D eigenvalue weighted by Gasteiger charge is 2.60. The van der Waals surface area contributed by atoms with Crippen LogP contribution in [-0.4, -0.2) is 50.4 Å². The molecule has 22 heavy (non-hydrogen) atoms. The second-order valence-electron chi connectivity index (χ2n) is 6.41. The van der Waals surface area contributed by atoms with Gasteiger partial charge in [0.15, 0.2) is 0 Å². The van der Waals surface area contributed by atoms with Crippen LogP contribution in [0.25, 0.3) is 0 Å². The van der Waals surface area contributed by atoms with Crippen LogP contribution in [-0.2, 0) is 28.6 Å². The normalized spacial score (nSPS) is 17.3. The minimum atomic E-state index is -1.02. The highest BCUT2D eigenvalue weighted by atomic mass is 16.5. The van der Waals surface area contributed by atoms with Gasteiger partial charge < -0.3 is 19.3 Å². The van der Waals surface area contributed by atoms with E-state index in [2.05, 4.69) is 4.74 Å². The lowest BCUT2D eigenvalue weighted by Crippen LogP contribution is -2.37. The zero-order valence-electron chi connectivity index (χ0n) is 13.5. The lowest BCUT2D eigenvalue weighted by Gasteiger charge is -2.26. The number of hydrogen-bond acceptors (Lipinski definition) is 7. The number of aliphatic hydroxyl groups is 1. The molecular formula is C15H24O7. The molecule has 0 aromatic heterocycles. The van der Waals surface area contributed by atoms with Crippen LogP contribution >= 0.6 is 0 Å². The monoisotopic (exact) mass is 316 g/mol. The molecule has 0 amide bonds. The second-order valence-corrected chi connectivity index (χ2v) is 6.41. The van der Waals surface area contributed by atoms with E-state index >= 15 is 0 Å². The Labute approximate surface area is 129 Å². The molecular weight excluding hydrogens is 292 g/mol. The van der Waals surface area contributed by atoms with Crippen molar-refractivity contribution in [3.05, 3.63) is 0 Å². The van der Waals surface area contributed by atoms with Crippen LogP contribution in [0.1, 0.15) is 33.1 Å². The molecule has 1 unspecified atom stereocenters. The molecule has 7 heteroatoms. The van der Waals surface area contributed by atoms with E-state index in [1.54, 1.807) is 13.8 Å². The number of esters is 3. The molecule has 126 valence electrons. The summed E-state index contributed by atoms with van der Waals surface area (Å²) in [7, 11) is 2.43. The predicted molar refractivity (Wildman–Crippen MR) is 75.6 cm³/mol. The number of methoxy groups -OCH3 is 2. The van der Waals surface area contributed by atoms with E-state index in [0.29, 0.717) is 12.8 Å². The van der Waals surface area contributed by atoms with Gasteiger partial charge in [-0.3, -0.25) is 14.4 Å². The molecule has 0 aliphatic heterocycles. The smallest absolute Gasteiger partial charge is 0.312 e. The SMILES string of the molecule is COC(=O)CC(C(=O)OC)C1(C(=O)OCC(C)(C)CO)CC1. The van der Waals surface area contributed by atoms with Crippen LogP contribution < -0.4 is 0 Å². The van der Waals surface area contributed by atoms with Gasteiger partial charge in [-0.05, 0) is 12.8 Å². The Morgan fingerprint density at radius 1 is 1.18 bits per heavy atom. The van der Waals surface area contributed by atoms with Crippen molar-refractivity contribution >= 4 is 17.9 Å². The number of carbonyl (C=O) groups is 3. The molecule has 0 aromatic carbocycles. The van der Waals surface area contributed by atoms with Gasteiger partial charge in [-0.25, -0.2) is 0 Å². The van der Waals surface area contributed by atoms with Crippen molar-refractivity contribution in [2.45, 2.75) is 33.1 Å². The Morgan fingerprint density at radius 3 is 2.18 bits per heavy atom. The maximum atomic E-state index is 12.4. The summed E-state index contributed by atoms with van der Waals surface area (Å²) in [5, 5.41) is 9.19. The minimum Gasteiger partial charge on any atom is -0.469 e. The van der Waals surface area contributed by atoms with Crippen molar-refractivity contribution in [3.63, 3.8) is 0 Å². The predicted octanol–water partition coefficient (Wildman–Crippen LogP) is 0.681. The Balaban J connectivity index is 2.81. The summed E-state index contributed by atoms with van der Waals surface area (Å²) in [5.41, 5.74) is -1.58. The van der Waals surface area contributed by atoms with Gasteiger partial charge in [-0.15, -0.1) is 0 Å². The van der Waals surface area contributed by atoms with E-state index in [1.807, 2.05) is 0 Å². The molecule has 1 N–H and O–H groups in total. The maximum absolute atomic E-state index is 12.4. The fourth-order valence-electron chi connectivity index (χ4n) is 2.18. The van der Waals surface area contributed by atoms with Crippen molar-refractivity contribution in [2.24, 2.45) is 16.7 Å². The van der Waals surface area contributed by atoms with Crippen LogP contribution in [0.4, 0.5) is 0 Å². The molecule has 0 aromatic rings. The summed E-state index contributed by atoms with van der Waals surface area (Å²) >= 11 is 0. The molecule has 7 nitrogen and oxygen atoms in total. The quantitative estimate of drug-likeness (QED) is 0.519. The number of ether oxygens (including phenoxy) is 3. The van der Waals surface area contributed by atoms with Crippen molar-refractivity contribution in [2.75, 3.05) is 27.4 Å². The van der Waals surface area contributed by atoms with Crippen molar-refractivity contribution < 1.29 is 33.7 Å². The average molecular weight is 316 g/mol. The lowest BCUT2D eigenvalue weighted by molar-refractivity contribution is -0.166. The Kier molecular flexibility index (Phi) is 5.93. The van der Waals surface area contributed by atoms with Gasteiger partial charge in [0, 0.05) is 5.41 Å². The van der Waals surface area contributed by atoms with Gasteiger partial charge >= 0.3 is 17.9 Å². The first-order valence-corrected chi connectivity index (χ1v) is 7.15. The van der Waals surface area contributed by atoms with Crippen LogP contribution in [0.5, 0.6) is 0 Å². The summed E-state index contributed by atoms with van der Waals surface area (Å²) in [6.07, 6.45) is 0.700. The molecule has 0 spiro atoms. The molecule has 1 rings (SSSR count). The molecule has 1 atom stereocenters. The van der Waals surface area contributed by atoms with Crippen molar-refractivity contribution in [3.8, 4) is 0 Å². The van der Waals surface area contributed by atoms with Crippen LogP contribution in [0.2, 0.25) is 0 Å². The van der Waals surface area contributed by atoms with Crippen molar-refractivity contribution in [1.29, 1.82) is 0 Å². The van der Waals surface area contributed by atoms with Gasteiger partial charge in [0.25, 0.3) is 0 Å². The van der Waals surface area contributed by atoms with Gasteiger partial charge in [-0.2, -0.15) is 0 Å². The summed E-state index contributed by atoms with van der Waals surface area (Å²) in [6.45, 7) is 3.42. The average Bonchev–Trinajstić information content (AvgIpc) is 3.30. The van der Waals surface area contributed by atoms with Gasteiger partial charge in [0.2, 0.25) is 0 Å². The summed E-state index contributed by atoms with van der Waals surface area (Å²) < 4.78 is 14.5. The third-order valence-corrected chi connectivity index (χ3v) is 3.97. The highest BCUT2D eigenvalue weighted by molar-refractivity contribution is 5.90. The minimum absolute atomic E-state index is 0.0379. The largest absolute Gasteiger partial charge is 0.469 e. The van der Waals surface area contributed by atoms with Crippen LogP contribution in [0.15, 0.2) is 0 Å². The summed E-state index contributed by atoms with van der Waals surface area (Å²) in [6, 6.07) is 0. The molecule has 0 radical (unpaired) electrons. The topological polar surface area (TPSA) is 99.1 Å². The van der Waals surface area contributed by atoms with E-state index in [9.17, 15) is 19.5 Å². The Hall–Kier alpha value is -1.63. The fourth-order valence-corrected chi connectivity index (χ4v) is 2.18. The van der Waals surface area contributed by atoms with E-state index in [1.165, 1.54) is 14.2 Å². The zero-order chi connectivity index (χ0) is 17.0.